The van der Waals surface area contributed by atoms with Gasteiger partial charge in [-0.25, -0.2) is 22.0 Å². The quantitative estimate of drug-likeness (QED) is 0.0288. The number of amides is 10. The number of nitrogens with two attached hydrogens (primary N) is 2. The van der Waals surface area contributed by atoms with Crippen LogP contribution in [-0.4, -0.2) is 156 Å². The molecule has 99 heavy (non-hydrogen) atoms. The highest BCUT2D eigenvalue weighted by molar-refractivity contribution is 6.04. The lowest BCUT2D eigenvalue weighted by atomic mass is 9.90. The minimum Gasteiger partial charge on any atom is -0.354 e. The van der Waals surface area contributed by atoms with Crippen LogP contribution in [0.3, 0.4) is 0 Å². The number of halogens is 5. The molecule has 0 spiro atoms. The molecular formula is C72H99F5N12O10. The zero-order valence-corrected chi connectivity index (χ0v) is 57.9. The number of fused-ring (bicyclic) bond motifs is 4. The fraction of sp³-hybridized carbons (Fsp3) is 0.583. The SMILES string of the molecule is CC(C)C[C@H]1CC(=O)N[C@H](CCCN)C(=O)NC[C@@H](C(C)C)C(=O)N[C@H](Cc2c3ccccc3cc3ccccc23)C(=O)N2CCC[C@H]2C(=O)N[C@@H](CC(C)C)CC(=O)N[C@H](CCCN)C(=O)NC[C@@H](C(C)C)C(=O)N[C@H](Cc2c(F)c(F)c(F)c(F)c2F)C(=O)N2CCC[C@H]2C(=O)N1. The predicted molar refractivity (Wildman–Crippen MR) is 364 cm³/mol. The largest absolute Gasteiger partial charge is 0.354 e. The van der Waals surface area contributed by atoms with E-state index in [-0.39, 0.29) is 122 Å². The first-order valence-electron chi connectivity index (χ1n) is 34.8. The Hall–Kier alpha value is -8.33. The molecule has 0 aromatic heterocycles. The van der Waals surface area contributed by atoms with Crippen LogP contribution in [0.1, 0.15) is 144 Å². The van der Waals surface area contributed by atoms with Gasteiger partial charge in [0.05, 0.1) is 11.8 Å². The molecule has 0 aliphatic carbocycles. The molecule has 10 atom stereocenters. The average molecular weight is 1390 g/mol. The first kappa shape index (κ1) is 78.0. The molecule has 10 amide bonds. The lowest BCUT2D eigenvalue weighted by Crippen LogP contribution is -2.57. The normalized spacial score (nSPS) is 24.7. The van der Waals surface area contributed by atoms with Gasteiger partial charge in [0.15, 0.2) is 23.3 Å². The summed E-state index contributed by atoms with van der Waals surface area (Å²) < 4.78 is 75.2. The molecule has 3 saturated heterocycles. The molecule has 3 aliphatic heterocycles. The van der Waals surface area contributed by atoms with Gasteiger partial charge in [-0.1, -0.05) is 104 Å². The lowest BCUT2D eigenvalue weighted by molar-refractivity contribution is -0.142. The zero-order valence-electron chi connectivity index (χ0n) is 57.9. The van der Waals surface area contributed by atoms with Crippen molar-refractivity contribution in [3.05, 3.63) is 94.8 Å². The average Bonchev–Trinajstić information content (AvgIpc) is 1.11. The molecule has 12 N–H and O–H groups in total. The number of nitrogens with zero attached hydrogens (tertiary/aromatic N) is 2. The van der Waals surface area contributed by atoms with Gasteiger partial charge in [-0.3, -0.25) is 47.9 Å². The van der Waals surface area contributed by atoms with Crippen LogP contribution >= 0.6 is 0 Å². The number of carbonyl (C=O) groups excluding carboxylic acids is 10. The zero-order chi connectivity index (χ0) is 72.5. The Bertz CT molecular complexity index is 3500. The third kappa shape index (κ3) is 20.4. The van der Waals surface area contributed by atoms with Gasteiger partial charge in [0.25, 0.3) is 0 Å². The first-order valence-corrected chi connectivity index (χ1v) is 34.8. The van der Waals surface area contributed by atoms with E-state index in [0.717, 1.165) is 32.0 Å². The Morgan fingerprint density at radius 1 is 0.455 bits per heavy atom. The summed E-state index contributed by atoms with van der Waals surface area (Å²) in [5.74, 6) is -22.5. The van der Waals surface area contributed by atoms with Gasteiger partial charge in [0.1, 0.15) is 36.3 Å². The van der Waals surface area contributed by atoms with Crippen molar-refractivity contribution in [1.29, 1.82) is 0 Å². The number of hydrogen-bond donors (Lipinski definition) is 10. The summed E-state index contributed by atoms with van der Waals surface area (Å²) in [7, 11) is 0. The van der Waals surface area contributed by atoms with E-state index in [1.54, 1.807) is 27.7 Å². The number of carbonyl (C=O) groups is 10. The van der Waals surface area contributed by atoms with E-state index in [2.05, 4.69) is 42.5 Å². The molecule has 0 radical (unpaired) electrons. The fourth-order valence-electron chi connectivity index (χ4n) is 13.7. The molecule has 27 heteroatoms. The van der Waals surface area contributed by atoms with E-state index in [4.69, 9.17) is 11.5 Å². The predicted octanol–water partition coefficient (Wildman–Crippen LogP) is 5.51. The number of nitrogens with one attached hydrogen (secondary N) is 8. The van der Waals surface area contributed by atoms with Gasteiger partial charge >= 0.3 is 0 Å². The van der Waals surface area contributed by atoms with E-state index in [0.29, 0.717) is 6.42 Å². The molecule has 3 heterocycles. The van der Waals surface area contributed by atoms with Crippen LogP contribution in [0, 0.1) is 64.6 Å². The van der Waals surface area contributed by atoms with Crippen LogP contribution < -0.4 is 54.0 Å². The van der Waals surface area contributed by atoms with Crippen LogP contribution in [0.4, 0.5) is 22.0 Å². The van der Waals surface area contributed by atoms with Crippen molar-refractivity contribution in [3.8, 4) is 0 Å². The molecule has 4 aromatic carbocycles. The van der Waals surface area contributed by atoms with E-state index >= 15 is 18.4 Å². The van der Waals surface area contributed by atoms with Crippen molar-refractivity contribution < 1.29 is 69.9 Å². The van der Waals surface area contributed by atoms with Gasteiger partial charge in [0.2, 0.25) is 64.9 Å². The Balaban J connectivity index is 1.26. The fourth-order valence-corrected chi connectivity index (χ4v) is 13.7. The summed E-state index contributed by atoms with van der Waals surface area (Å²) >= 11 is 0. The molecule has 542 valence electrons. The Morgan fingerprint density at radius 2 is 0.828 bits per heavy atom. The maximum Gasteiger partial charge on any atom is 0.246 e. The Labute approximate surface area is 575 Å². The Kier molecular flexibility index (Phi) is 28.5. The summed E-state index contributed by atoms with van der Waals surface area (Å²) in [6.45, 7) is 13.7. The number of benzene rings is 4. The van der Waals surface area contributed by atoms with Gasteiger partial charge in [-0.2, -0.15) is 0 Å². The third-order valence-electron chi connectivity index (χ3n) is 18.9. The minimum atomic E-state index is -2.46. The lowest BCUT2D eigenvalue weighted by Gasteiger charge is -2.32. The van der Waals surface area contributed by atoms with Crippen molar-refractivity contribution >= 4 is 80.6 Å². The number of hydrogen-bond acceptors (Lipinski definition) is 12. The molecule has 3 fully saturated rings. The van der Waals surface area contributed by atoms with Crippen LogP contribution in [0.15, 0.2) is 54.6 Å². The highest BCUT2D eigenvalue weighted by atomic mass is 19.2. The van der Waals surface area contributed by atoms with Gasteiger partial charge in [-0.05, 0) is 134 Å². The topological polar surface area (TPSA) is 325 Å². The molecule has 4 aromatic rings. The second-order valence-electron chi connectivity index (χ2n) is 28.1. The van der Waals surface area contributed by atoms with Crippen molar-refractivity contribution in [2.75, 3.05) is 39.3 Å². The smallest absolute Gasteiger partial charge is 0.246 e. The highest BCUT2D eigenvalue weighted by Crippen LogP contribution is 2.32. The van der Waals surface area contributed by atoms with Crippen LogP contribution in [0.5, 0.6) is 0 Å². The van der Waals surface area contributed by atoms with Crippen LogP contribution in [0.2, 0.25) is 0 Å². The van der Waals surface area contributed by atoms with Crippen LogP contribution in [-0.2, 0) is 60.8 Å². The van der Waals surface area contributed by atoms with Gasteiger partial charge in [0, 0.05) is 69.5 Å². The summed E-state index contributed by atoms with van der Waals surface area (Å²) in [5.41, 5.74) is 11.2. The molecule has 0 unspecified atom stereocenters. The van der Waals surface area contributed by atoms with E-state index in [1.165, 1.54) is 4.90 Å². The van der Waals surface area contributed by atoms with Crippen molar-refractivity contribution in [3.63, 3.8) is 0 Å². The second kappa shape index (κ2) is 36.1. The molecule has 0 saturated carbocycles. The maximum atomic E-state index is 15.6. The van der Waals surface area contributed by atoms with Crippen molar-refractivity contribution in [1.82, 2.24) is 52.3 Å². The minimum absolute atomic E-state index is 0.00485. The molecule has 22 nitrogen and oxygen atoms in total. The highest BCUT2D eigenvalue weighted by Gasteiger charge is 2.43. The van der Waals surface area contributed by atoms with Crippen LogP contribution in [0.25, 0.3) is 21.5 Å². The number of rotatable bonds is 16. The van der Waals surface area contributed by atoms with Crippen molar-refractivity contribution in [2.45, 2.75) is 194 Å². The summed E-state index contributed by atoms with van der Waals surface area (Å²) in [6.07, 6.45) is -0.119. The molecule has 7 rings (SSSR count). The first-order chi connectivity index (χ1) is 47.0. The summed E-state index contributed by atoms with van der Waals surface area (Å²) in [6, 6.07) is 7.47. The van der Waals surface area contributed by atoms with Gasteiger partial charge in [-0.15, -0.1) is 0 Å². The van der Waals surface area contributed by atoms with E-state index in [1.807, 2.05) is 82.3 Å². The maximum absolute atomic E-state index is 15.6. The summed E-state index contributed by atoms with van der Waals surface area (Å²) in [4.78, 5) is 149. The second-order valence-corrected chi connectivity index (χ2v) is 28.1. The molecule has 3 aliphatic rings. The van der Waals surface area contributed by atoms with E-state index < -0.39 is 179 Å². The standard InChI is InChI=1S/C72H99F5N12O10/c1-38(2)29-44-32-58(90)85-53(22-14-26-79)68(95)81-37-51(41(7)8)66(93)87-55(35-49-60(73)62(75)64(77)63(76)61(49)74)72(99)89-28-16-24-57(89)70(97)83-45(30-39(3)4)33-59(91)84-52(21-13-25-78)67(94)80-36-50(40(5)6)65(92)86-54(71(98)88-27-15-23-56(88)69(96)82-44)34-48-46-19-11-9-17-42(46)31-43-18-10-12-20-47(43)48/h9-12,17-20,31,38-41,44-45,50-57H,13-16,21-30,32-37,78-79H2,1-8H3,(H,80,94)(H,81,95)(H,82,96)(H,83,97)(H,84,91)(H,85,90)(H,86,92)(H,87,93)/t44-,45-,50-,51-,52+,53+,54+,55+,56-,57-/m0/s1. The van der Waals surface area contributed by atoms with Crippen molar-refractivity contribution in [2.24, 2.45) is 47.0 Å². The van der Waals surface area contributed by atoms with E-state index in [9.17, 15) is 51.5 Å². The monoisotopic (exact) mass is 1390 g/mol. The third-order valence-corrected chi connectivity index (χ3v) is 18.9. The Morgan fingerprint density at radius 3 is 1.20 bits per heavy atom. The summed E-state index contributed by atoms with van der Waals surface area (Å²) in [5, 5.41) is 25.9. The van der Waals surface area contributed by atoms with Gasteiger partial charge < -0.3 is 63.8 Å². The molecular weight excluding hydrogens is 1290 g/mol. The molecule has 0 bridgehead atoms.